The molecule has 0 unspecified atom stereocenters. The molecule has 16 heavy (non-hydrogen) atoms. The van der Waals surface area contributed by atoms with Crippen molar-refractivity contribution in [2.45, 2.75) is 20.8 Å². The first-order valence-electron chi connectivity index (χ1n) is 5.53. The summed E-state index contributed by atoms with van der Waals surface area (Å²) < 4.78 is 0. The van der Waals surface area contributed by atoms with Crippen LogP contribution in [0.3, 0.4) is 0 Å². The summed E-state index contributed by atoms with van der Waals surface area (Å²) in [6.07, 6.45) is 0. The summed E-state index contributed by atoms with van der Waals surface area (Å²) >= 11 is 0. The van der Waals surface area contributed by atoms with Gasteiger partial charge in [0.25, 0.3) is 0 Å². The number of nitrogens with zero attached hydrogens (tertiary/aromatic N) is 1. The first-order chi connectivity index (χ1) is 7.40. The SMILES string of the molecule is Cc1ccc2c(c1)NC(=O)C(C)(C)CN2C. The third kappa shape index (κ3) is 1.77. The number of anilines is 2. The topological polar surface area (TPSA) is 32.3 Å². The number of hydrogen-bond donors (Lipinski definition) is 1. The second kappa shape index (κ2) is 3.51. The zero-order valence-electron chi connectivity index (χ0n) is 10.3. The van der Waals surface area contributed by atoms with Crippen molar-refractivity contribution >= 4 is 17.3 Å². The second-order valence-electron chi connectivity index (χ2n) is 5.21. The van der Waals surface area contributed by atoms with Crippen LogP contribution in [0, 0.1) is 12.3 Å². The predicted octanol–water partition coefficient (Wildman–Crippen LogP) is 2.41. The van der Waals surface area contributed by atoms with Gasteiger partial charge in [-0.1, -0.05) is 6.07 Å². The zero-order chi connectivity index (χ0) is 11.9. The highest BCUT2D eigenvalue weighted by Crippen LogP contribution is 2.33. The van der Waals surface area contributed by atoms with Gasteiger partial charge < -0.3 is 10.2 Å². The highest BCUT2D eigenvalue weighted by molar-refractivity contribution is 5.99. The summed E-state index contributed by atoms with van der Waals surface area (Å²) in [7, 11) is 2.02. The van der Waals surface area contributed by atoms with E-state index in [1.54, 1.807) is 0 Å². The molecule has 1 aromatic carbocycles. The Labute approximate surface area is 96.5 Å². The van der Waals surface area contributed by atoms with E-state index < -0.39 is 0 Å². The molecule has 86 valence electrons. The Bertz CT molecular complexity index is 438. The van der Waals surface area contributed by atoms with E-state index in [-0.39, 0.29) is 11.3 Å². The highest BCUT2D eigenvalue weighted by Gasteiger charge is 2.33. The van der Waals surface area contributed by atoms with Gasteiger partial charge in [0.2, 0.25) is 5.91 Å². The molecular weight excluding hydrogens is 200 g/mol. The third-order valence-corrected chi connectivity index (χ3v) is 3.06. The standard InChI is InChI=1S/C13H18N2O/c1-9-5-6-11-10(7-9)14-12(16)13(2,3)8-15(11)4/h5-7H,8H2,1-4H3,(H,14,16). The van der Waals surface area contributed by atoms with Crippen LogP contribution in [0.2, 0.25) is 0 Å². The fourth-order valence-electron chi connectivity index (χ4n) is 2.12. The fraction of sp³-hybridized carbons (Fsp3) is 0.462. The van der Waals surface area contributed by atoms with Gasteiger partial charge in [0.15, 0.2) is 0 Å². The van der Waals surface area contributed by atoms with Gasteiger partial charge in [-0.2, -0.15) is 0 Å². The van der Waals surface area contributed by atoms with Crippen LogP contribution >= 0.6 is 0 Å². The molecule has 1 amide bonds. The maximum absolute atomic E-state index is 12.0. The second-order valence-corrected chi connectivity index (χ2v) is 5.21. The summed E-state index contributed by atoms with van der Waals surface area (Å²) in [5.41, 5.74) is 2.80. The smallest absolute Gasteiger partial charge is 0.231 e. The molecule has 0 spiro atoms. The minimum Gasteiger partial charge on any atom is -0.372 e. The Balaban J connectivity index is 2.49. The minimum absolute atomic E-state index is 0.0868. The lowest BCUT2D eigenvalue weighted by atomic mass is 9.92. The van der Waals surface area contributed by atoms with Crippen LogP contribution in [0.4, 0.5) is 11.4 Å². The van der Waals surface area contributed by atoms with E-state index in [0.29, 0.717) is 0 Å². The number of benzene rings is 1. The van der Waals surface area contributed by atoms with Gasteiger partial charge in [-0.15, -0.1) is 0 Å². The molecule has 0 aliphatic carbocycles. The number of carbonyl (C=O) groups is 1. The van der Waals surface area contributed by atoms with Crippen LogP contribution < -0.4 is 10.2 Å². The van der Waals surface area contributed by atoms with E-state index in [1.165, 1.54) is 0 Å². The summed E-state index contributed by atoms with van der Waals surface area (Å²) in [6.45, 7) is 6.70. The van der Waals surface area contributed by atoms with Crippen LogP contribution in [0.5, 0.6) is 0 Å². The first kappa shape index (κ1) is 11.0. The molecule has 0 aromatic heterocycles. The van der Waals surface area contributed by atoms with Gasteiger partial charge in [0.05, 0.1) is 16.8 Å². The number of carbonyl (C=O) groups excluding carboxylic acids is 1. The Kier molecular flexibility index (Phi) is 2.41. The van der Waals surface area contributed by atoms with E-state index in [0.717, 1.165) is 23.5 Å². The monoisotopic (exact) mass is 218 g/mol. The van der Waals surface area contributed by atoms with Gasteiger partial charge >= 0.3 is 0 Å². The molecular formula is C13H18N2O. The predicted molar refractivity (Wildman–Crippen MR) is 66.9 cm³/mol. The number of nitrogens with one attached hydrogen (secondary N) is 1. The maximum atomic E-state index is 12.0. The van der Waals surface area contributed by atoms with E-state index in [9.17, 15) is 4.79 Å². The summed E-state index contributed by atoms with van der Waals surface area (Å²) in [5, 5.41) is 3.00. The molecule has 1 aliphatic heterocycles. The number of rotatable bonds is 0. The average molecular weight is 218 g/mol. The number of amides is 1. The van der Waals surface area contributed by atoms with Crippen molar-refractivity contribution in [3.8, 4) is 0 Å². The van der Waals surface area contributed by atoms with Gasteiger partial charge in [0.1, 0.15) is 0 Å². The molecule has 2 rings (SSSR count). The summed E-state index contributed by atoms with van der Waals surface area (Å²) in [4.78, 5) is 14.1. The molecule has 1 N–H and O–H groups in total. The maximum Gasteiger partial charge on any atom is 0.231 e. The lowest BCUT2D eigenvalue weighted by Crippen LogP contribution is -2.37. The van der Waals surface area contributed by atoms with Crippen LogP contribution in [0.25, 0.3) is 0 Å². The summed E-state index contributed by atoms with van der Waals surface area (Å²) in [6, 6.07) is 6.15. The van der Waals surface area contributed by atoms with E-state index in [2.05, 4.69) is 22.3 Å². The van der Waals surface area contributed by atoms with Gasteiger partial charge in [0, 0.05) is 13.6 Å². The minimum atomic E-state index is -0.359. The van der Waals surface area contributed by atoms with Crippen LogP contribution in [0.15, 0.2) is 18.2 Å². The molecule has 0 fully saturated rings. The Morgan fingerprint density at radius 3 is 2.75 bits per heavy atom. The lowest BCUT2D eigenvalue weighted by Gasteiger charge is -2.26. The third-order valence-electron chi connectivity index (χ3n) is 3.06. The first-order valence-corrected chi connectivity index (χ1v) is 5.53. The fourth-order valence-corrected chi connectivity index (χ4v) is 2.12. The molecule has 0 bridgehead atoms. The molecule has 1 heterocycles. The molecule has 1 aromatic rings. The summed E-state index contributed by atoms with van der Waals surface area (Å²) in [5.74, 6) is 0.0868. The van der Waals surface area contributed by atoms with Gasteiger partial charge in [-0.3, -0.25) is 4.79 Å². The molecule has 0 atom stereocenters. The number of fused-ring (bicyclic) bond motifs is 1. The number of hydrogen-bond acceptors (Lipinski definition) is 2. The van der Waals surface area contributed by atoms with Crippen molar-refractivity contribution in [2.75, 3.05) is 23.8 Å². The van der Waals surface area contributed by atoms with Crippen molar-refractivity contribution in [1.29, 1.82) is 0 Å². The molecule has 0 radical (unpaired) electrons. The van der Waals surface area contributed by atoms with Crippen LogP contribution in [-0.4, -0.2) is 19.5 Å². The molecule has 3 heteroatoms. The molecule has 1 aliphatic rings. The average Bonchev–Trinajstić information content (AvgIpc) is 2.23. The Morgan fingerprint density at radius 2 is 2.06 bits per heavy atom. The van der Waals surface area contributed by atoms with Gasteiger partial charge in [-0.05, 0) is 38.5 Å². The van der Waals surface area contributed by atoms with E-state index in [4.69, 9.17) is 0 Å². The van der Waals surface area contributed by atoms with Crippen molar-refractivity contribution < 1.29 is 4.79 Å². The highest BCUT2D eigenvalue weighted by atomic mass is 16.2. The molecule has 0 saturated carbocycles. The van der Waals surface area contributed by atoms with Crippen LogP contribution in [-0.2, 0) is 4.79 Å². The Hall–Kier alpha value is -1.51. The quantitative estimate of drug-likeness (QED) is 0.725. The van der Waals surface area contributed by atoms with E-state index in [1.807, 2.05) is 33.9 Å². The number of aryl methyl sites for hydroxylation is 1. The van der Waals surface area contributed by atoms with E-state index >= 15 is 0 Å². The van der Waals surface area contributed by atoms with Crippen LogP contribution in [0.1, 0.15) is 19.4 Å². The van der Waals surface area contributed by atoms with Crippen molar-refractivity contribution in [1.82, 2.24) is 0 Å². The van der Waals surface area contributed by atoms with Gasteiger partial charge in [-0.25, -0.2) is 0 Å². The van der Waals surface area contributed by atoms with Crippen molar-refractivity contribution in [3.63, 3.8) is 0 Å². The molecule has 3 nitrogen and oxygen atoms in total. The normalized spacial score (nSPS) is 18.8. The molecule has 0 saturated heterocycles. The lowest BCUT2D eigenvalue weighted by molar-refractivity contribution is -0.123. The largest absolute Gasteiger partial charge is 0.372 e. The zero-order valence-corrected chi connectivity index (χ0v) is 10.3. The van der Waals surface area contributed by atoms with Crippen molar-refractivity contribution in [2.24, 2.45) is 5.41 Å². The Morgan fingerprint density at radius 1 is 1.38 bits per heavy atom. The van der Waals surface area contributed by atoms with Crippen molar-refractivity contribution in [3.05, 3.63) is 23.8 Å².